The van der Waals surface area contributed by atoms with Gasteiger partial charge in [-0.2, -0.15) is 0 Å². The lowest BCUT2D eigenvalue weighted by Crippen LogP contribution is -2.54. The second-order valence-corrected chi connectivity index (χ2v) is 7.33. The molecule has 3 aliphatic rings. The molecule has 3 saturated heterocycles. The van der Waals surface area contributed by atoms with E-state index in [4.69, 9.17) is 9.57 Å². The fourth-order valence-corrected chi connectivity index (χ4v) is 4.34. The van der Waals surface area contributed by atoms with Crippen molar-refractivity contribution >= 4 is 5.91 Å². The Labute approximate surface area is 149 Å². The summed E-state index contributed by atoms with van der Waals surface area (Å²) in [4.78, 5) is 25.1. The van der Waals surface area contributed by atoms with Gasteiger partial charge in [0.1, 0.15) is 0 Å². The average Bonchev–Trinajstić information content (AvgIpc) is 2.68. The number of piperidine rings is 1. The van der Waals surface area contributed by atoms with E-state index in [1.165, 1.54) is 5.56 Å². The number of amides is 1. The van der Waals surface area contributed by atoms with Crippen LogP contribution in [0.25, 0.3) is 0 Å². The van der Waals surface area contributed by atoms with Crippen LogP contribution in [0.2, 0.25) is 0 Å². The van der Waals surface area contributed by atoms with Crippen LogP contribution in [-0.4, -0.2) is 59.8 Å². The van der Waals surface area contributed by atoms with E-state index in [1.807, 2.05) is 12.4 Å². The molecule has 3 fully saturated rings. The van der Waals surface area contributed by atoms with Gasteiger partial charge in [-0.05, 0) is 43.4 Å². The average molecular weight is 345 g/mol. The first kappa shape index (κ1) is 16.9. The number of hydrogen-bond donors (Lipinski definition) is 0. The van der Waals surface area contributed by atoms with Gasteiger partial charge < -0.3 is 4.74 Å². The quantitative estimate of drug-likeness (QED) is 0.837. The highest BCUT2D eigenvalue weighted by atomic mass is 16.7. The Balaban J connectivity index is 1.43. The molecule has 4 heterocycles. The van der Waals surface area contributed by atoms with Crippen LogP contribution in [0, 0.1) is 11.8 Å². The Morgan fingerprint density at radius 2 is 2.04 bits per heavy atom. The van der Waals surface area contributed by atoms with Gasteiger partial charge in [-0.15, -0.1) is 0 Å². The van der Waals surface area contributed by atoms with Crippen molar-refractivity contribution in [2.75, 3.05) is 32.8 Å². The molecule has 0 unspecified atom stereocenters. The first-order valence-corrected chi connectivity index (χ1v) is 9.48. The number of likely N-dealkylation sites (tertiary alicyclic amines) is 1. The van der Waals surface area contributed by atoms with Crippen LogP contribution < -0.4 is 0 Å². The molecule has 1 aromatic heterocycles. The molecule has 0 N–H and O–H groups in total. The Bertz CT molecular complexity index is 577. The summed E-state index contributed by atoms with van der Waals surface area (Å²) >= 11 is 0. The molecule has 0 aromatic carbocycles. The van der Waals surface area contributed by atoms with E-state index >= 15 is 0 Å². The molecule has 0 bridgehead atoms. The highest BCUT2D eigenvalue weighted by molar-refractivity contribution is 5.78. The number of fused-ring (bicyclic) bond motifs is 1. The maximum Gasteiger partial charge on any atom is 0.249 e. The molecule has 0 radical (unpaired) electrons. The predicted molar refractivity (Wildman–Crippen MR) is 92.4 cm³/mol. The molecule has 136 valence electrons. The number of hydroxylamine groups is 2. The van der Waals surface area contributed by atoms with Crippen molar-refractivity contribution in [3.8, 4) is 0 Å². The van der Waals surface area contributed by atoms with E-state index in [0.717, 1.165) is 51.9 Å². The molecule has 3 atom stereocenters. The highest BCUT2D eigenvalue weighted by Crippen LogP contribution is 2.35. The van der Waals surface area contributed by atoms with E-state index in [-0.39, 0.29) is 23.8 Å². The molecule has 0 aliphatic carbocycles. The molecule has 25 heavy (non-hydrogen) atoms. The van der Waals surface area contributed by atoms with Gasteiger partial charge in [0, 0.05) is 57.0 Å². The van der Waals surface area contributed by atoms with Crippen LogP contribution in [0.1, 0.15) is 31.2 Å². The minimum absolute atomic E-state index is 0.0251. The summed E-state index contributed by atoms with van der Waals surface area (Å²) < 4.78 is 6.00. The van der Waals surface area contributed by atoms with Crippen molar-refractivity contribution in [1.29, 1.82) is 0 Å². The van der Waals surface area contributed by atoms with E-state index in [2.05, 4.69) is 22.0 Å². The molecule has 4 rings (SSSR count). The molecular weight excluding hydrogens is 318 g/mol. The summed E-state index contributed by atoms with van der Waals surface area (Å²) in [5.41, 5.74) is 1.27. The third kappa shape index (κ3) is 3.86. The lowest BCUT2D eigenvalue weighted by atomic mass is 9.78. The standard InChI is InChI=1S/C19H27N3O3/c23-19(22-9-1-2-11-25-22)16-6-12-24-18-5-10-21(14-17(16)18)13-15-3-7-20-8-4-15/h3-4,7-8,16-18H,1-2,5-6,9-14H2/t16-,17+,18-/m1/s1. The second kappa shape index (κ2) is 7.81. The number of hydrogen-bond acceptors (Lipinski definition) is 5. The summed E-state index contributed by atoms with van der Waals surface area (Å²) in [7, 11) is 0. The van der Waals surface area contributed by atoms with E-state index < -0.39 is 0 Å². The van der Waals surface area contributed by atoms with Crippen LogP contribution >= 0.6 is 0 Å². The third-order valence-corrected chi connectivity index (χ3v) is 5.68. The smallest absolute Gasteiger partial charge is 0.249 e. The molecule has 3 aliphatic heterocycles. The number of ether oxygens (including phenoxy) is 1. The Morgan fingerprint density at radius 3 is 2.84 bits per heavy atom. The van der Waals surface area contributed by atoms with Crippen molar-refractivity contribution in [1.82, 2.24) is 14.9 Å². The molecule has 0 saturated carbocycles. The fraction of sp³-hybridized carbons (Fsp3) is 0.684. The van der Waals surface area contributed by atoms with Gasteiger partial charge in [0.15, 0.2) is 0 Å². The van der Waals surface area contributed by atoms with Gasteiger partial charge in [0.2, 0.25) is 5.91 Å². The van der Waals surface area contributed by atoms with Crippen LogP contribution in [0.15, 0.2) is 24.5 Å². The summed E-state index contributed by atoms with van der Waals surface area (Å²) in [6, 6.07) is 4.13. The SMILES string of the molecule is O=C([C@@H]1CCO[C@@H]2CCN(Cc3ccncc3)C[C@H]21)N1CCCCO1. The number of rotatable bonds is 3. The van der Waals surface area contributed by atoms with Crippen LogP contribution in [-0.2, 0) is 20.9 Å². The first-order valence-electron chi connectivity index (χ1n) is 9.48. The second-order valence-electron chi connectivity index (χ2n) is 7.33. The zero-order valence-electron chi connectivity index (χ0n) is 14.7. The lowest BCUT2D eigenvalue weighted by Gasteiger charge is -2.45. The Kier molecular flexibility index (Phi) is 5.29. The zero-order valence-corrected chi connectivity index (χ0v) is 14.7. The van der Waals surface area contributed by atoms with Crippen LogP contribution in [0.3, 0.4) is 0 Å². The van der Waals surface area contributed by atoms with Crippen molar-refractivity contribution < 1.29 is 14.4 Å². The van der Waals surface area contributed by atoms with Gasteiger partial charge in [0.25, 0.3) is 0 Å². The Hall–Kier alpha value is -1.50. The summed E-state index contributed by atoms with van der Waals surface area (Å²) in [5, 5.41) is 1.62. The van der Waals surface area contributed by atoms with Gasteiger partial charge >= 0.3 is 0 Å². The number of carbonyl (C=O) groups is 1. The monoisotopic (exact) mass is 345 g/mol. The van der Waals surface area contributed by atoms with Crippen LogP contribution in [0.4, 0.5) is 0 Å². The van der Waals surface area contributed by atoms with Crippen molar-refractivity contribution in [3.63, 3.8) is 0 Å². The predicted octanol–water partition coefficient (Wildman–Crippen LogP) is 1.86. The molecule has 1 aromatic rings. The van der Waals surface area contributed by atoms with Crippen molar-refractivity contribution in [2.24, 2.45) is 11.8 Å². The van der Waals surface area contributed by atoms with Crippen molar-refractivity contribution in [2.45, 2.75) is 38.3 Å². The lowest BCUT2D eigenvalue weighted by molar-refractivity contribution is -0.209. The summed E-state index contributed by atoms with van der Waals surface area (Å²) in [6.45, 7) is 4.93. The zero-order chi connectivity index (χ0) is 17.1. The molecule has 6 nitrogen and oxygen atoms in total. The summed E-state index contributed by atoms with van der Waals surface area (Å²) in [6.07, 6.45) is 7.78. The highest BCUT2D eigenvalue weighted by Gasteiger charge is 2.43. The normalized spacial score (nSPS) is 30.7. The number of nitrogens with zero attached hydrogens (tertiary/aromatic N) is 3. The minimum Gasteiger partial charge on any atom is -0.378 e. The third-order valence-electron chi connectivity index (χ3n) is 5.68. The fourth-order valence-electron chi connectivity index (χ4n) is 4.34. The van der Waals surface area contributed by atoms with Gasteiger partial charge in [-0.1, -0.05) is 0 Å². The maximum absolute atomic E-state index is 13.0. The van der Waals surface area contributed by atoms with Crippen molar-refractivity contribution in [3.05, 3.63) is 30.1 Å². The largest absolute Gasteiger partial charge is 0.378 e. The van der Waals surface area contributed by atoms with Gasteiger partial charge in [-0.25, -0.2) is 5.06 Å². The Morgan fingerprint density at radius 1 is 1.16 bits per heavy atom. The molecule has 0 spiro atoms. The number of pyridine rings is 1. The molecular formula is C19H27N3O3. The van der Waals surface area contributed by atoms with E-state index in [9.17, 15) is 4.79 Å². The van der Waals surface area contributed by atoms with Gasteiger partial charge in [-0.3, -0.25) is 19.5 Å². The summed E-state index contributed by atoms with van der Waals surface area (Å²) in [5.74, 6) is 0.461. The van der Waals surface area contributed by atoms with E-state index in [1.54, 1.807) is 5.06 Å². The minimum atomic E-state index is 0.0251. The molecule has 6 heteroatoms. The topological polar surface area (TPSA) is 54.9 Å². The van der Waals surface area contributed by atoms with Gasteiger partial charge in [0.05, 0.1) is 12.7 Å². The number of aromatic nitrogens is 1. The molecule has 1 amide bonds. The van der Waals surface area contributed by atoms with Crippen LogP contribution in [0.5, 0.6) is 0 Å². The van der Waals surface area contributed by atoms with E-state index in [0.29, 0.717) is 13.2 Å². The maximum atomic E-state index is 13.0. The number of carbonyl (C=O) groups excluding carboxylic acids is 1. The first-order chi connectivity index (χ1) is 12.3.